The number of amides is 1. The minimum absolute atomic E-state index is 0. The van der Waals surface area contributed by atoms with Crippen LogP contribution in [0.5, 0.6) is 0 Å². The molecular weight excluding hydrogens is 264 g/mol. The molecule has 1 aliphatic heterocycles. The molecule has 0 aromatic rings. The summed E-state index contributed by atoms with van der Waals surface area (Å²) >= 11 is 0. The number of piperazine rings is 1. The molecule has 1 N–H and O–H groups in total. The van der Waals surface area contributed by atoms with E-state index in [-0.39, 0.29) is 17.8 Å². The average molecular weight is 291 g/mol. The Bertz CT molecular complexity index is 293. The molecule has 2 rings (SSSR count). The molecule has 0 bridgehead atoms. The van der Waals surface area contributed by atoms with Crippen LogP contribution in [0.3, 0.4) is 0 Å². The summed E-state index contributed by atoms with van der Waals surface area (Å²) in [6.07, 6.45) is 5.37. The normalized spacial score (nSPS) is 26.0. The molecule has 0 aromatic carbocycles. The van der Waals surface area contributed by atoms with Crippen LogP contribution in [0.25, 0.3) is 0 Å². The van der Waals surface area contributed by atoms with Gasteiger partial charge in [0.25, 0.3) is 0 Å². The van der Waals surface area contributed by atoms with Gasteiger partial charge < -0.3 is 15.0 Å². The summed E-state index contributed by atoms with van der Waals surface area (Å²) in [7, 11) is 1.72. The van der Waals surface area contributed by atoms with E-state index in [1.54, 1.807) is 7.11 Å². The maximum Gasteiger partial charge on any atom is 0.228 e. The minimum atomic E-state index is -0.118. The highest BCUT2D eigenvalue weighted by molar-refractivity contribution is 5.85. The van der Waals surface area contributed by atoms with Gasteiger partial charge in [-0.3, -0.25) is 4.79 Å². The third-order valence-electron chi connectivity index (χ3n) is 4.46. The summed E-state index contributed by atoms with van der Waals surface area (Å²) in [5.74, 6) is 0.380. The summed E-state index contributed by atoms with van der Waals surface area (Å²) in [6, 6.07) is 0.420. The number of hydrogen-bond acceptors (Lipinski definition) is 3. The first-order valence-corrected chi connectivity index (χ1v) is 7.20. The molecule has 1 unspecified atom stereocenters. The second kappa shape index (κ2) is 7.46. The fourth-order valence-corrected chi connectivity index (χ4v) is 3.37. The minimum Gasteiger partial charge on any atom is -0.385 e. The van der Waals surface area contributed by atoms with E-state index in [9.17, 15) is 4.79 Å². The van der Waals surface area contributed by atoms with Gasteiger partial charge in [-0.05, 0) is 26.2 Å². The molecule has 19 heavy (non-hydrogen) atoms. The fraction of sp³-hybridized carbons (Fsp3) is 0.929. The Hall–Kier alpha value is -0.320. The first-order chi connectivity index (χ1) is 8.68. The number of nitrogens with zero attached hydrogens (tertiary/aromatic N) is 1. The molecule has 0 radical (unpaired) electrons. The molecule has 1 aliphatic carbocycles. The van der Waals surface area contributed by atoms with Gasteiger partial charge in [0.1, 0.15) is 0 Å². The van der Waals surface area contributed by atoms with Crippen LogP contribution in [0.2, 0.25) is 0 Å². The number of halogens is 1. The Morgan fingerprint density at radius 1 is 1.42 bits per heavy atom. The Morgan fingerprint density at radius 2 is 2.11 bits per heavy atom. The second-order valence-electron chi connectivity index (χ2n) is 5.84. The molecule has 1 amide bonds. The number of carbonyl (C=O) groups excluding carboxylic acids is 1. The summed E-state index contributed by atoms with van der Waals surface area (Å²) < 4.78 is 5.20. The number of nitrogens with one attached hydrogen (secondary N) is 1. The number of carbonyl (C=O) groups is 1. The Labute approximate surface area is 122 Å². The van der Waals surface area contributed by atoms with Crippen molar-refractivity contribution in [2.45, 2.75) is 45.1 Å². The van der Waals surface area contributed by atoms with E-state index in [2.05, 4.69) is 17.1 Å². The van der Waals surface area contributed by atoms with Crippen LogP contribution in [0.4, 0.5) is 0 Å². The van der Waals surface area contributed by atoms with Gasteiger partial charge in [-0.1, -0.05) is 12.8 Å². The van der Waals surface area contributed by atoms with Gasteiger partial charge in [0.05, 0.1) is 5.41 Å². The molecule has 5 heteroatoms. The molecule has 1 heterocycles. The molecule has 1 saturated heterocycles. The van der Waals surface area contributed by atoms with Crippen molar-refractivity contribution in [3.8, 4) is 0 Å². The Morgan fingerprint density at radius 3 is 2.68 bits per heavy atom. The van der Waals surface area contributed by atoms with Gasteiger partial charge >= 0.3 is 0 Å². The molecule has 2 aliphatic rings. The predicted molar refractivity (Wildman–Crippen MR) is 78.7 cm³/mol. The molecule has 0 aromatic heterocycles. The average Bonchev–Trinajstić information content (AvgIpc) is 2.85. The quantitative estimate of drug-likeness (QED) is 0.859. The molecule has 1 atom stereocenters. The van der Waals surface area contributed by atoms with E-state index in [0.717, 1.165) is 38.9 Å². The van der Waals surface area contributed by atoms with Gasteiger partial charge in [0.15, 0.2) is 0 Å². The highest BCUT2D eigenvalue weighted by atomic mass is 35.5. The first-order valence-electron chi connectivity index (χ1n) is 7.20. The first kappa shape index (κ1) is 16.7. The molecule has 0 spiro atoms. The lowest BCUT2D eigenvalue weighted by atomic mass is 9.81. The van der Waals surface area contributed by atoms with Gasteiger partial charge in [-0.15, -0.1) is 12.4 Å². The number of rotatable bonds is 4. The molecular formula is C14H27ClN2O2. The van der Waals surface area contributed by atoms with Crippen molar-refractivity contribution in [3.05, 3.63) is 0 Å². The van der Waals surface area contributed by atoms with Crippen molar-refractivity contribution in [1.82, 2.24) is 10.2 Å². The van der Waals surface area contributed by atoms with Crippen LogP contribution < -0.4 is 5.32 Å². The van der Waals surface area contributed by atoms with Gasteiger partial charge in [-0.25, -0.2) is 0 Å². The zero-order valence-electron chi connectivity index (χ0n) is 12.1. The van der Waals surface area contributed by atoms with Crippen molar-refractivity contribution >= 4 is 18.3 Å². The lowest BCUT2D eigenvalue weighted by Gasteiger charge is -2.38. The maximum atomic E-state index is 12.8. The lowest BCUT2D eigenvalue weighted by molar-refractivity contribution is -0.144. The summed E-state index contributed by atoms with van der Waals surface area (Å²) in [4.78, 5) is 14.9. The molecule has 4 nitrogen and oxygen atoms in total. The van der Waals surface area contributed by atoms with Gasteiger partial charge in [0.2, 0.25) is 5.91 Å². The molecule has 1 saturated carbocycles. The van der Waals surface area contributed by atoms with E-state index >= 15 is 0 Å². The zero-order chi connectivity index (χ0) is 13.0. The summed E-state index contributed by atoms with van der Waals surface area (Å²) in [6.45, 7) is 5.49. The highest BCUT2D eigenvalue weighted by Gasteiger charge is 2.43. The van der Waals surface area contributed by atoms with Crippen molar-refractivity contribution in [2.24, 2.45) is 5.41 Å². The summed E-state index contributed by atoms with van der Waals surface area (Å²) in [5.41, 5.74) is -0.118. The fourth-order valence-electron chi connectivity index (χ4n) is 3.37. The smallest absolute Gasteiger partial charge is 0.228 e. The Balaban J connectivity index is 0.00000180. The Kier molecular flexibility index (Phi) is 6.57. The molecule has 112 valence electrons. The maximum absolute atomic E-state index is 12.8. The number of methoxy groups -OCH3 is 1. The topological polar surface area (TPSA) is 41.6 Å². The van der Waals surface area contributed by atoms with Crippen LogP contribution in [0.15, 0.2) is 0 Å². The molecule has 2 fully saturated rings. The lowest BCUT2D eigenvalue weighted by Crippen LogP contribution is -2.55. The van der Waals surface area contributed by atoms with Crippen LogP contribution in [0, 0.1) is 5.41 Å². The van der Waals surface area contributed by atoms with Crippen molar-refractivity contribution in [3.63, 3.8) is 0 Å². The summed E-state index contributed by atoms with van der Waals surface area (Å²) in [5, 5.41) is 3.39. The second-order valence-corrected chi connectivity index (χ2v) is 5.84. The highest BCUT2D eigenvalue weighted by Crippen LogP contribution is 2.42. The van der Waals surface area contributed by atoms with E-state index in [4.69, 9.17) is 4.74 Å². The predicted octanol–water partition coefficient (Wildman–Crippen LogP) is 1.83. The standard InChI is InChI=1S/C14H26N2O2.ClH/c1-12-11-16(9-8-15-12)13(17)14(7-10-18-2)5-3-4-6-14;/h12,15H,3-11H2,1-2H3;1H. The third kappa shape index (κ3) is 3.83. The van der Waals surface area contributed by atoms with Gasteiger partial charge in [0, 0.05) is 39.4 Å². The largest absolute Gasteiger partial charge is 0.385 e. The van der Waals surface area contributed by atoms with Crippen LogP contribution in [-0.2, 0) is 9.53 Å². The van der Waals surface area contributed by atoms with Crippen molar-refractivity contribution in [2.75, 3.05) is 33.4 Å². The van der Waals surface area contributed by atoms with Crippen LogP contribution in [0.1, 0.15) is 39.0 Å². The third-order valence-corrected chi connectivity index (χ3v) is 4.46. The van der Waals surface area contributed by atoms with E-state index in [1.807, 2.05) is 0 Å². The monoisotopic (exact) mass is 290 g/mol. The zero-order valence-corrected chi connectivity index (χ0v) is 12.9. The van der Waals surface area contributed by atoms with Crippen molar-refractivity contribution < 1.29 is 9.53 Å². The van der Waals surface area contributed by atoms with Crippen molar-refractivity contribution in [1.29, 1.82) is 0 Å². The number of hydrogen-bond donors (Lipinski definition) is 1. The van der Waals surface area contributed by atoms with Crippen LogP contribution in [-0.4, -0.2) is 50.2 Å². The van der Waals surface area contributed by atoms with E-state index < -0.39 is 0 Å². The van der Waals surface area contributed by atoms with E-state index in [1.165, 1.54) is 12.8 Å². The number of ether oxygens (including phenoxy) is 1. The SMILES string of the molecule is COCCC1(C(=O)N2CCNC(C)C2)CCCC1.Cl. The van der Waals surface area contributed by atoms with E-state index in [0.29, 0.717) is 18.6 Å². The van der Waals surface area contributed by atoms with Gasteiger partial charge in [-0.2, -0.15) is 0 Å². The van der Waals surface area contributed by atoms with Crippen LogP contribution >= 0.6 is 12.4 Å².